The third kappa shape index (κ3) is 1.61. The van der Waals surface area contributed by atoms with Gasteiger partial charge in [0.05, 0.1) is 0 Å². The summed E-state index contributed by atoms with van der Waals surface area (Å²) in [4.78, 5) is 23.5. The van der Waals surface area contributed by atoms with E-state index in [1.807, 2.05) is 0 Å². The van der Waals surface area contributed by atoms with Crippen LogP contribution in [0.2, 0.25) is 10.2 Å². The molecule has 1 heterocycles. The quantitative estimate of drug-likeness (QED) is 0.541. The highest BCUT2D eigenvalue weighted by Gasteiger charge is 2.04. The van der Waals surface area contributed by atoms with E-state index in [4.69, 9.17) is 23.2 Å². The van der Waals surface area contributed by atoms with E-state index in [0.717, 1.165) is 6.07 Å². The zero-order valence-electron chi connectivity index (χ0n) is 5.23. The van der Waals surface area contributed by atoms with Crippen molar-refractivity contribution in [2.45, 2.75) is 0 Å². The molecule has 0 spiro atoms. The van der Waals surface area contributed by atoms with Crippen LogP contribution in [0.1, 0.15) is 10.5 Å². The summed E-state index contributed by atoms with van der Waals surface area (Å²) >= 11 is 10.9. The predicted octanol–water partition coefficient (Wildman–Crippen LogP) is 1.49. The molecular formula is C6H3Cl2NO2. The highest BCUT2D eigenvalue weighted by atomic mass is 35.5. The largest absolute Gasteiger partial charge is 0.342 e. The lowest BCUT2D eigenvalue weighted by atomic mass is 10.4. The van der Waals surface area contributed by atoms with Crippen LogP contribution < -0.4 is 5.43 Å². The van der Waals surface area contributed by atoms with E-state index in [1.54, 1.807) is 0 Å². The average Bonchev–Trinajstić information content (AvgIpc) is 1.96. The van der Waals surface area contributed by atoms with Gasteiger partial charge in [-0.25, -0.2) is 0 Å². The Kier molecular flexibility index (Phi) is 2.31. The molecule has 0 saturated carbocycles. The molecule has 0 radical (unpaired) electrons. The van der Waals surface area contributed by atoms with E-state index in [9.17, 15) is 9.59 Å². The standard InChI is InChI=1S/C6H3Cl2NO2/c7-5-1-4(11)6(8)3(2-10)9-5/h1-2H,(H,9,11). The van der Waals surface area contributed by atoms with Gasteiger partial charge in [0.2, 0.25) is 5.43 Å². The molecule has 3 nitrogen and oxygen atoms in total. The van der Waals surface area contributed by atoms with Gasteiger partial charge >= 0.3 is 0 Å². The Morgan fingerprint density at radius 1 is 1.45 bits per heavy atom. The molecule has 0 amide bonds. The molecule has 11 heavy (non-hydrogen) atoms. The predicted molar refractivity (Wildman–Crippen MR) is 42.5 cm³/mol. The van der Waals surface area contributed by atoms with Gasteiger partial charge < -0.3 is 4.98 Å². The second-order valence-electron chi connectivity index (χ2n) is 1.83. The molecule has 0 aliphatic carbocycles. The van der Waals surface area contributed by atoms with Crippen molar-refractivity contribution < 1.29 is 4.79 Å². The second-order valence-corrected chi connectivity index (χ2v) is 2.61. The number of pyridine rings is 1. The van der Waals surface area contributed by atoms with Crippen LogP contribution in [0.3, 0.4) is 0 Å². The Balaban J connectivity index is 3.48. The van der Waals surface area contributed by atoms with E-state index in [0.29, 0.717) is 6.29 Å². The maximum Gasteiger partial charge on any atom is 0.202 e. The summed E-state index contributed by atoms with van der Waals surface area (Å²) in [7, 11) is 0. The minimum absolute atomic E-state index is 0.00386. The summed E-state index contributed by atoms with van der Waals surface area (Å²) in [5.74, 6) is 0. The third-order valence-electron chi connectivity index (χ3n) is 1.08. The molecule has 0 fully saturated rings. The fraction of sp³-hybridized carbons (Fsp3) is 0. The van der Waals surface area contributed by atoms with Gasteiger partial charge in [0.15, 0.2) is 6.29 Å². The molecule has 1 rings (SSSR count). The number of aromatic amines is 1. The van der Waals surface area contributed by atoms with Gasteiger partial charge in [0.25, 0.3) is 0 Å². The van der Waals surface area contributed by atoms with Crippen molar-refractivity contribution in [1.29, 1.82) is 0 Å². The molecule has 0 bridgehead atoms. The lowest BCUT2D eigenvalue weighted by Gasteiger charge is -1.94. The van der Waals surface area contributed by atoms with Crippen molar-refractivity contribution in [2.24, 2.45) is 0 Å². The van der Waals surface area contributed by atoms with Crippen LogP contribution in [0, 0.1) is 0 Å². The number of H-pyrrole nitrogens is 1. The Hall–Kier alpha value is -0.800. The number of nitrogens with one attached hydrogen (secondary N) is 1. The molecule has 0 saturated heterocycles. The molecular weight excluding hydrogens is 189 g/mol. The first-order valence-electron chi connectivity index (χ1n) is 2.68. The molecule has 1 N–H and O–H groups in total. The molecule has 0 atom stereocenters. The van der Waals surface area contributed by atoms with Gasteiger partial charge in [-0.2, -0.15) is 0 Å². The first-order chi connectivity index (χ1) is 5.15. The van der Waals surface area contributed by atoms with Crippen molar-refractivity contribution >= 4 is 29.5 Å². The topological polar surface area (TPSA) is 49.9 Å². The zero-order chi connectivity index (χ0) is 8.43. The van der Waals surface area contributed by atoms with Crippen LogP contribution in [0.4, 0.5) is 0 Å². The first-order valence-corrected chi connectivity index (χ1v) is 3.44. The van der Waals surface area contributed by atoms with Crippen LogP contribution in [-0.4, -0.2) is 11.3 Å². The average molecular weight is 192 g/mol. The maximum absolute atomic E-state index is 10.8. The fourth-order valence-corrected chi connectivity index (χ4v) is 0.959. The number of halogens is 2. The van der Waals surface area contributed by atoms with Crippen LogP contribution in [0.5, 0.6) is 0 Å². The summed E-state index contributed by atoms with van der Waals surface area (Å²) in [5, 5.41) is -0.0362. The normalized spacial score (nSPS) is 9.64. The van der Waals surface area contributed by atoms with Crippen molar-refractivity contribution in [3.8, 4) is 0 Å². The zero-order valence-corrected chi connectivity index (χ0v) is 6.74. The van der Waals surface area contributed by atoms with Gasteiger partial charge in [-0.3, -0.25) is 9.59 Å². The molecule has 58 valence electrons. The Labute approximate surface area is 71.9 Å². The molecule has 0 unspecified atom stereocenters. The monoisotopic (exact) mass is 191 g/mol. The van der Waals surface area contributed by atoms with E-state index in [2.05, 4.69) is 4.98 Å². The van der Waals surface area contributed by atoms with Gasteiger partial charge in [-0.05, 0) is 0 Å². The SMILES string of the molecule is O=Cc1[nH]c(Cl)cc(=O)c1Cl. The maximum atomic E-state index is 10.8. The van der Waals surface area contributed by atoms with Crippen molar-refractivity contribution in [3.05, 3.63) is 32.2 Å². The molecule has 0 aliphatic rings. The minimum atomic E-state index is -0.461. The number of carbonyl (C=O) groups excluding carboxylic acids is 1. The third-order valence-corrected chi connectivity index (χ3v) is 1.68. The molecule has 1 aromatic heterocycles. The lowest BCUT2D eigenvalue weighted by Crippen LogP contribution is -2.05. The summed E-state index contributed by atoms with van der Waals surface area (Å²) in [5.41, 5.74) is -0.457. The Morgan fingerprint density at radius 3 is 2.64 bits per heavy atom. The van der Waals surface area contributed by atoms with E-state index in [1.165, 1.54) is 0 Å². The fourth-order valence-electron chi connectivity index (χ4n) is 0.612. The first kappa shape index (κ1) is 8.30. The number of aromatic nitrogens is 1. The van der Waals surface area contributed by atoms with Gasteiger partial charge in [-0.15, -0.1) is 0 Å². The number of carbonyl (C=O) groups is 1. The van der Waals surface area contributed by atoms with Crippen molar-refractivity contribution in [2.75, 3.05) is 0 Å². The van der Waals surface area contributed by atoms with Crippen LogP contribution >= 0.6 is 23.2 Å². The van der Waals surface area contributed by atoms with Crippen molar-refractivity contribution in [1.82, 2.24) is 4.98 Å². The number of aldehydes is 1. The second kappa shape index (κ2) is 3.07. The molecule has 5 heteroatoms. The highest BCUT2D eigenvalue weighted by Crippen LogP contribution is 2.09. The van der Waals surface area contributed by atoms with Crippen LogP contribution in [-0.2, 0) is 0 Å². The minimum Gasteiger partial charge on any atom is -0.342 e. The van der Waals surface area contributed by atoms with E-state index in [-0.39, 0.29) is 15.9 Å². The number of hydrogen-bond acceptors (Lipinski definition) is 2. The summed E-state index contributed by atoms with van der Waals surface area (Å²) < 4.78 is 0. The molecule has 0 aliphatic heterocycles. The van der Waals surface area contributed by atoms with Gasteiger partial charge in [-0.1, -0.05) is 23.2 Å². The van der Waals surface area contributed by atoms with E-state index < -0.39 is 5.43 Å². The van der Waals surface area contributed by atoms with E-state index >= 15 is 0 Å². The van der Waals surface area contributed by atoms with Crippen LogP contribution in [0.25, 0.3) is 0 Å². The smallest absolute Gasteiger partial charge is 0.202 e. The Morgan fingerprint density at radius 2 is 2.09 bits per heavy atom. The molecule has 0 aromatic carbocycles. The Bertz CT molecular complexity index is 345. The van der Waals surface area contributed by atoms with Gasteiger partial charge in [0.1, 0.15) is 15.9 Å². The summed E-state index contributed by atoms with van der Waals surface area (Å²) in [6, 6.07) is 1.11. The van der Waals surface area contributed by atoms with Gasteiger partial charge in [0, 0.05) is 6.07 Å². The van der Waals surface area contributed by atoms with Crippen molar-refractivity contribution in [3.63, 3.8) is 0 Å². The number of hydrogen-bond donors (Lipinski definition) is 1. The summed E-state index contributed by atoms with van der Waals surface area (Å²) in [6.45, 7) is 0. The highest BCUT2D eigenvalue weighted by molar-refractivity contribution is 6.33. The summed E-state index contributed by atoms with van der Waals surface area (Å²) in [6.07, 6.45) is 0.440. The van der Waals surface area contributed by atoms with Crippen LogP contribution in [0.15, 0.2) is 10.9 Å². The number of rotatable bonds is 1. The lowest BCUT2D eigenvalue weighted by molar-refractivity contribution is 0.111. The molecule has 1 aromatic rings.